The Morgan fingerprint density at radius 3 is 2.72 bits per heavy atom. The predicted octanol–water partition coefficient (Wildman–Crippen LogP) is 3.21. The van der Waals surface area contributed by atoms with Gasteiger partial charge in [0, 0.05) is 49.4 Å². The normalized spacial score (nSPS) is 15.3. The van der Waals surface area contributed by atoms with Crippen molar-refractivity contribution in [2.75, 3.05) is 25.5 Å². The van der Waals surface area contributed by atoms with Crippen molar-refractivity contribution in [3.63, 3.8) is 0 Å². The molecule has 1 aliphatic heterocycles. The predicted molar refractivity (Wildman–Crippen MR) is 99.5 cm³/mol. The monoisotopic (exact) mass is 337 g/mol. The van der Waals surface area contributed by atoms with Gasteiger partial charge in [0.25, 0.3) is 0 Å². The minimum Gasteiger partial charge on any atom is -0.497 e. The first-order valence-electron chi connectivity index (χ1n) is 8.52. The Kier molecular flexibility index (Phi) is 5.67. The number of nitrogens with one attached hydrogen (secondary N) is 1. The number of benzene rings is 1. The maximum Gasteiger partial charge on any atom is 0.246 e. The maximum atomic E-state index is 12.3. The van der Waals surface area contributed by atoms with Gasteiger partial charge >= 0.3 is 0 Å². The second kappa shape index (κ2) is 8.33. The molecule has 2 heterocycles. The zero-order chi connectivity index (χ0) is 17.5. The largest absolute Gasteiger partial charge is 0.497 e. The average Bonchev–Trinajstić information content (AvgIpc) is 2.67. The standard InChI is InChI=1S/C20H23N3O2/c1-25-19-4-2-3-18(15-19)22-17-9-13-23(14-10-17)20(24)6-5-16-7-11-21-12-8-16/h2-8,11-12,15,17,22H,9-10,13-14H2,1H3. The molecule has 0 unspecified atom stereocenters. The van der Waals surface area contributed by atoms with Gasteiger partial charge in [-0.3, -0.25) is 9.78 Å². The van der Waals surface area contributed by atoms with E-state index in [4.69, 9.17) is 4.74 Å². The number of nitrogens with zero attached hydrogens (tertiary/aromatic N) is 2. The molecule has 0 atom stereocenters. The molecule has 0 bridgehead atoms. The van der Waals surface area contributed by atoms with E-state index in [-0.39, 0.29) is 5.91 Å². The van der Waals surface area contributed by atoms with Crippen LogP contribution in [0.2, 0.25) is 0 Å². The number of pyridine rings is 1. The topological polar surface area (TPSA) is 54.5 Å². The summed E-state index contributed by atoms with van der Waals surface area (Å²) in [5, 5.41) is 3.53. The summed E-state index contributed by atoms with van der Waals surface area (Å²) in [6.07, 6.45) is 8.80. The smallest absolute Gasteiger partial charge is 0.246 e. The summed E-state index contributed by atoms with van der Waals surface area (Å²) in [4.78, 5) is 18.2. The van der Waals surface area contributed by atoms with E-state index in [0.29, 0.717) is 6.04 Å². The van der Waals surface area contributed by atoms with Crippen LogP contribution in [0.4, 0.5) is 5.69 Å². The highest BCUT2D eigenvalue weighted by Gasteiger charge is 2.21. The van der Waals surface area contributed by atoms with Gasteiger partial charge in [-0.2, -0.15) is 0 Å². The van der Waals surface area contributed by atoms with Gasteiger partial charge < -0.3 is 15.0 Å². The van der Waals surface area contributed by atoms with Crippen LogP contribution < -0.4 is 10.1 Å². The number of hydrogen-bond donors (Lipinski definition) is 1. The third-order valence-corrected chi connectivity index (χ3v) is 4.37. The summed E-state index contributed by atoms with van der Waals surface area (Å²) in [5.41, 5.74) is 2.04. The summed E-state index contributed by atoms with van der Waals surface area (Å²) in [7, 11) is 1.67. The highest BCUT2D eigenvalue weighted by molar-refractivity contribution is 5.91. The van der Waals surface area contributed by atoms with Crippen molar-refractivity contribution in [3.8, 4) is 5.75 Å². The zero-order valence-corrected chi connectivity index (χ0v) is 14.4. The number of ether oxygens (including phenoxy) is 1. The van der Waals surface area contributed by atoms with Crippen LogP contribution in [-0.2, 0) is 4.79 Å². The number of anilines is 1. The highest BCUT2D eigenvalue weighted by atomic mass is 16.5. The number of amides is 1. The van der Waals surface area contributed by atoms with Gasteiger partial charge in [0.05, 0.1) is 7.11 Å². The van der Waals surface area contributed by atoms with E-state index in [1.807, 2.05) is 47.4 Å². The van der Waals surface area contributed by atoms with E-state index < -0.39 is 0 Å². The van der Waals surface area contributed by atoms with Gasteiger partial charge in [-0.15, -0.1) is 0 Å². The summed E-state index contributed by atoms with van der Waals surface area (Å²) >= 11 is 0. The quantitative estimate of drug-likeness (QED) is 0.851. The SMILES string of the molecule is COc1cccc(NC2CCN(C(=O)C=Cc3ccncc3)CC2)c1. The lowest BCUT2D eigenvalue weighted by Gasteiger charge is -2.32. The second-order valence-electron chi connectivity index (χ2n) is 6.09. The summed E-state index contributed by atoms with van der Waals surface area (Å²) in [5.74, 6) is 0.913. The molecule has 0 saturated carbocycles. The third kappa shape index (κ3) is 4.83. The molecule has 0 radical (unpaired) electrons. The Morgan fingerprint density at radius 1 is 1.24 bits per heavy atom. The van der Waals surface area contributed by atoms with Gasteiger partial charge in [0.2, 0.25) is 5.91 Å². The van der Waals surface area contributed by atoms with Crippen molar-refractivity contribution in [2.45, 2.75) is 18.9 Å². The minimum atomic E-state index is 0.0663. The fourth-order valence-corrected chi connectivity index (χ4v) is 2.94. The molecule has 2 aromatic rings. The van der Waals surface area contributed by atoms with Crippen LogP contribution in [0.15, 0.2) is 54.9 Å². The van der Waals surface area contributed by atoms with E-state index in [1.165, 1.54) is 0 Å². The first-order valence-corrected chi connectivity index (χ1v) is 8.52. The van der Waals surface area contributed by atoms with Crippen molar-refractivity contribution >= 4 is 17.7 Å². The van der Waals surface area contributed by atoms with Crippen LogP contribution in [0.5, 0.6) is 5.75 Å². The first kappa shape index (κ1) is 17.0. The molecule has 1 amide bonds. The maximum absolute atomic E-state index is 12.3. The van der Waals surface area contributed by atoms with Gasteiger partial charge in [0.15, 0.2) is 0 Å². The number of likely N-dealkylation sites (tertiary alicyclic amines) is 1. The van der Waals surface area contributed by atoms with Crippen molar-refractivity contribution in [3.05, 3.63) is 60.4 Å². The van der Waals surface area contributed by atoms with E-state index >= 15 is 0 Å². The van der Waals surface area contributed by atoms with Crippen LogP contribution in [0.25, 0.3) is 6.08 Å². The van der Waals surface area contributed by atoms with Crippen LogP contribution >= 0.6 is 0 Å². The van der Waals surface area contributed by atoms with Crippen LogP contribution in [0.3, 0.4) is 0 Å². The molecular formula is C20H23N3O2. The Bertz CT molecular complexity index is 723. The number of piperidine rings is 1. The number of hydrogen-bond acceptors (Lipinski definition) is 4. The van der Waals surface area contributed by atoms with Crippen LogP contribution in [-0.4, -0.2) is 42.0 Å². The Morgan fingerprint density at radius 2 is 2.00 bits per heavy atom. The lowest BCUT2D eigenvalue weighted by Crippen LogP contribution is -2.41. The molecule has 1 N–H and O–H groups in total. The molecule has 0 spiro atoms. The second-order valence-corrected chi connectivity index (χ2v) is 6.09. The molecule has 1 aromatic heterocycles. The summed E-state index contributed by atoms with van der Waals surface area (Å²) < 4.78 is 5.25. The molecule has 1 aromatic carbocycles. The lowest BCUT2D eigenvalue weighted by atomic mass is 10.0. The molecule has 5 nitrogen and oxygen atoms in total. The van der Waals surface area contributed by atoms with E-state index in [9.17, 15) is 4.79 Å². The number of carbonyl (C=O) groups is 1. The molecular weight excluding hydrogens is 314 g/mol. The van der Waals surface area contributed by atoms with Crippen LogP contribution in [0.1, 0.15) is 18.4 Å². The van der Waals surface area contributed by atoms with Gasteiger partial charge in [-0.1, -0.05) is 6.07 Å². The molecule has 130 valence electrons. The lowest BCUT2D eigenvalue weighted by molar-refractivity contribution is -0.126. The minimum absolute atomic E-state index is 0.0663. The van der Waals surface area contributed by atoms with Crippen LogP contribution in [0, 0.1) is 0 Å². The number of methoxy groups -OCH3 is 1. The fraction of sp³-hybridized carbons (Fsp3) is 0.300. The highest BCUT2D eigenvalue weighted by Crippen LogP contribution is 2.21. The van der Waals surface area contributed by atoms with Crippen molar-refractivity contribution in [2.24, 2.45) is 0 Å². The van der Waals surface area contributed by atoms with E-state index in [0.717, 1.165) is 42.9 Å². The number of aromatic nitrogens is 1. The molecule has 1 saturated heterocycles. The fourth-order valence-electron chi connectivity index (χ4n) is 2.94. The Labute approximate surface area is 148 Å². The summed E-state index contributed by atoms with van der Waals surface area (Å²) in [6, 6.07) is 12.1. The number of rotatable bonds is 5. The van der Waals surface area contributed by atoms with E-state index in [1.54, 1.807) is 25.6 Å². The first-order chi connectivity index (χ1) is 12.2. The van der Waals surface area contributed by atoms with Crippen molar-refractivity contribution in [1.82, 2.24) is 9.88 Å². The molecule has 1 aliphatic rings. The molecule has 1 fully saturated rings. The molecule has 0 aliphatic carbocycles. The average molecular weight is 337 g/mol. The Balaban J connectivity index is 1.49. The number of carbonyl (C=O) groups excluding carboxylic acids is 1. The Hall–Kier alpha value is -2.82. The molecule has 3 rings (SSSR count). The van der Waals surface area contributed by atoms with Gasteiger partial charge in [0.1, 0.15) is 5.75 Å². The summed E-state index contributed by atoms with van der Waals surface area (Å²) in [6.45, 7) is 1.53. The van der Waals surface area contributed by atoms with Gasteiger partial charge in [-0.05, 0) is 48.7 Å². The van der Waals surface area contributed by atoms with E-state index in [2.05, 4.69) is 10.3 Å². The zero-order valence-electron chi connectivity index (χ0n) is 14.4. The van der Waals surface area contributed by atoms with Crippen molar-refractivity contribution in [1.29, 1.82) is 0 Å². The van der Waals surface area contributed by atoms with Crippen molar-refractivity contribution < 1.29 is 9.53 Å². The third-order valence-electron chi connectivity index (χ3n) is 4.37. The van der Waals surface area contributed by atoms with Gasteiger partial charge in [-0.25, -0.2) is 0 Å². The molecule has 5 heteroatoms. The molecule has 25 heavy (non-hydrogen) atoms.